The molecule has 0 aliphatic carbocycles. The fourth-order valence-electron chi connectivity index (χ4n) is 3.94. The fraction of sp³-hybridized carbons (Fsp3) is 0.650. The van der Waals surface area contributed by atoms with Gasteiger partial charge in [-0.2, -0.15) is 4.31 Å². The molecular weight excluding hydrogens is 397 g/mol. The van der Waals surface area contributed by atoms with Gasteiger partial charge >= 0.3 is 0 Å². The van der Waals surface area contributed by atoms with Gasteiger partial charge in [0.2, 0.25) is 15.9 Å². The van der Waals surface area contributed by atoms with Crippen LogP contribution in [0.4, 0.5) is 4.39 Å². The number of benzene rings is 1. The molecular formula is C20H30FN3O4S. The highest BCUT2D eigenvalue weighted by atomic mass is 32.2. The van der Waals surface area contributed by atoms with E-state index in [1.165, 1.54) is 23.5 Å². The smallest absolute Gasteiger partial charge is 0.246 e. The lowest BCUT2D eigenvalue weighted by Crippen LogP contribution is -2.53. The van der Waals surface area contributed by atoms with Crippen LogP contribution in [0.3, 0.4) is 0 Å². The Bertz CT molecular complexity index is 838. The summed E-state index contributed by atoms with van der Waals surface area (Å²) in [6.45, 7) is 7.30. The Morgan fingerprint density at radius 3 is 2.48 bits per heavy atom. The van der Waals surface area contributed by atoms with Crippen LogP contribution < -0.4 is 4.74 Å². The predicted molar refractivity (Wildman–Crippen MR) is 108 cm³/mol. The van der Waals surface area contributed by atoms with Crippen molar-refractivity contribution in [2.45, 2.75) is 37.6 Å². The summed E-state index contributed by atoms with van der Waals surface area (Å²) >= 11 is 0. The van der Waals surface area contributed by atoms with E-state index in [-0.39, 0.29) is 35.7 Å². The van der Waals surface area contributed by atoms with Gasteiger partial charge in [-0.05, 0) is 37.0 Å². The van der Waals surface area contributed by atoms with Gasteiger partial charge in [-0.15, -0.1) is 0 Å². The third kappa shape index (κ3) is 4.73. The van der Waals surface area contributed by atoms with Crippen molar-refractivity contribution in [3.05, 3.63) is 24.0 Å². The molecule has 2 fully saturated rings. The number of carbonyl (C=O) groups excluding carboxylic acids is 1. The maximum atomic E-state index is 13.7. The van der Waals surface area contributed by atoms with E-state index < -0.39 is 15.8 Å². The van der Waals surface area contributed by atoms with Gasteiger partial charge in [0.15, 0.2) is 0 Å². The summed E-state index contributed by atoms with van der Waals surface area (Å²) in [7, 11) is -2.51. The molecule has 1 atom stereocenters. The second kappa shape index (κ2) is 8.97. The van der Waals surface area contributed by atoms with Crippen molar-refractivity contribution < 1.29 is 22.3 Å². The van der Waals surface area contributed by atoms with E-state index in [0.29, 0.717) is 19.0 Å². The average molecular weight is 428 g/mol. The molecule has 3 rings (SSSR count). The monoisotopic (exact) mass is 427 g/mol. The minimum Gasteiger partial charge on any atom is -0.495 e. The van der Waals surface area contributed by atoms with Crippen LogP contribution in [0.2, 0.25) is 0 Å². The highest BCUT2D eigenvalue weighted by Gasteiger charge is 2.39. The zero-order valence-corrected chi connectivity index (χ0v) is 18.1. The van der Waals surface area contributed by atoms with Gasteiger partial charge in [0.1, 0.15) is 16.5 Å². The number of nitrogens with zero attached hydrogens (tertiary/aromatic N) is 3. The molecule has 0 bridgehead atoms. The largest absolute Gasteiger partial charge is 0.495 e. The molecule has 29 heavy (non-hydrogen) atoms. The van der Waals surface area contributed by atoms with Crippen LogP contribution >= 0.6 is 0 Å². The number of sulfonamides is 1. The van der Waals surface area contributed by atoms with Gasteiger partial charge in [0.05, 0.1) is 13.2 Å². The molecule has 1 aromatic rings. The van der Waals surface area contributed by atoms with Crippen molar-refractivity contribution in [2.24, 2.45) is 5.92 Å². The molecule has 2 aliphatic heterocycles. The quantitative estimate of drug-likeness (QED) is 0.664. The zero-order valence-electron chi connectivity index (χ0n) is 17.3. The number of hydrogen-bond acceptors (Lipinski definition) is 5. The molecule has 7 nitrogen and oxygen atoms in total. The molecule has 0 saturated carbocycles. The Kier molecular flexibility index (Phi) is 6.80. The van der Waals surface area contributed by atoms with Crippen LogP contribution in [-0.4, -0.2) is 80.9 Å². The van der Waals surface area contributed by atoms with E-state index in [4.69, 9.17) is 4.74 Å². The van der Waals surface area contributed by atoms with Crippen molar-refractivity contribution in [3.8, 4) is 5.75 Å². The molecule has 162 valence electrons. The van der Waals surface area contributed by atoms with Crippen LogP contribution in [0, 0.1) is 11.7 Å². The molecule has 1 aromatic carbocycles. The summed E-state index contributed by atoms with van der Waals surface area (Å²) in [6.07, 6.45) is 1.77. The zero-order chi connectivity index (χ0) is 21.2. The van der Waals surface area contributed by atoms with E-state index in [2.05, 4.69) is 18.7 Å². The first-order valence-electron chi connectivity index (χ1n) is 10.1. The van der Waals surface area contributed by atoms with E-state index in [1.54, 1.807) is 0 Å². The number of carbonyl (C=O) groups is 1. The first kappa shape index (κ1) is 22.0. The maximum Gasteiger partial charge on any atom is 0.246 e. The van der Waals surface area contributed by atoms with Crippen LogP contribution in [0.5, 0.6) is 5.75 Å². The number of rotatable bonds is 7. The lowest BCUT2D eigenvalue weighted by atomic mass is 10.1. The minimum absolute atomic E-state index is 0.126. The standard InChI is InChI=1S/C20H30FN3O4S/c1-15(2)6-8-23-9-7-17(20(23)25)22-10-12-24(13-11-22)29(26,27)19-14-16(21)4-5-18(19)28-3/h4-5,14-15,17H,6-13H2,1-3H3. The topological polar surface area (TPSA) is 70.2 Å². The Balaban J connectivity index is 1.64. The third-order valence-electron chi connectivity index (χ3n) is 5.70. The van der Waals surface area contributed by atoms with E-state index in [1.807, 2.05) is 4.90 Å². The van der Waals surface area contributed by atoms with Gasteiger partial charge in [0.25, 0.3) is 0 Å². The van der Waals surface area contributed by atoms with E-state index in [0.717, 1.165) is 32.0 Å². The Labute approximate surface area is 172 Å². The summed E-state index contributed by atoms with van der Waals surface area (Å²) in [5, 5.41) is 0. The molecule has 2 saturated heterocycles. The molecule has 0 radical (unpaired) electrons. The molecule has 2 aliphatic rings. The molecule has 0 N–H and O–H groups in total. The number of likely N-dealkylation sites (tertiary alicyclic amines) is 1. The molecule has 0 spiro atoms. The van der Waals surface area contributed by atoms with Crippen LogP contribution in [-0.2, 0) is 14.8 Å². The van der Waals surface area contributed by atoms with Crippen LogP contribution in [0.1, 0.15) is 26.7 Å². The summed E-state index contributed by atoms with van der Waals surface area (Å²) in [5.41, 5.74) is 0. The van der Waals surface area contributed by atoms with E-state index >= 15 is 0 Å². The second-order valence-corrected chi connectivity index (χ2v) is 9.95. The molecule has 2 heterocycles. The van der Waals surface area contributed by atoms with Crippen molar-refractivity contribution >= 4 is 15.9 Å². The molecule has 1 amide bonds. The van der Waals surface area contributed by atoms with Crippen molar-refractivity contribution in [1.29, 1.82) is 0 Å². The Morgan fingerprint density at radius 1 is 1.17 bits per heavy atom. The Hall–Kier alpha value is -1.71. The van der Waals surface area contributed by atoms with Crippen molar-refractivity contribution in [2.75, 3.05) is 46.4 Å². The van der Waals surface area contributed by atoms with Gasteiger partial charge in [-0.1, -0.05) is 13.8 Å². The van der Waals surface area contributed by atoms with Gasteiger partial charge in [-0.25, -0.2) is 12.8 Å². The normalized spacial score (nSPS) is 21.9. The summed E-state index contributed by atoms with van der Waals surface area (Å²) < 4.78 is 46.1. The first-order valence-corrected chi connectivity index (χ1v) is 11.5. The number of amides is 1. The van der Waals surface area contributed by atoms with Gasteiger partial charge < -0.3 is 9.64 Å². The Morgan fingerprint density at radius 2 is 1.86 bits per heavy atom. The predicted octanol–water partition coefficient (Wildman–Crippen LogP) is 1.79. The minimum atomic E-state index is -3.87. The van der Waals surface area contributed by atoms with E-state index in [9.17, 15) is 17.6 Å². The van der Waals surface area contributed by atoms with Crippen LogP contribution in [0.15, 0.2) is 23.1 Å². The van der Waals surface area contributed by atoms with Crippen molar-refractivity contribution in [3.63, 3.8) is 0 Å². The lowest BCUT2D eigenvalue weighted by molar-refractivity contribution is -0.132. The summed E-state index contributed by atoms with van der Waals surface area (Å²) in [6, 6.07) is 3.32. The number of halogens is 1. The van der Waals surface area contributed by atoms with Gasteiger partial charge in [-0.3, -0.25) is 9.69 Å². The van der Waals surface area contributed by atoms with Gasteiger partial charge in [0, 0.05) is 39.3 Å². The molecule has 9 heteroatoms. The molecule has 1 unspecified atom stereocenters. The maximum absolute atomic E-state index is 13.7. The number of piperazine rings is 1. The second-order valence-electron chi connectivity index (χ2n) is 8.05. The number of methoxy groups -OCH3 is 1. The van der Waals surface area contributed by atoms with Crippen molar-refractivity contribution in [1.82, 2.24) is 14.1 Å². The highest BCUT2D eigenvalue weighted by Crippen LogP contribution is 2.29. The summed E-state index contributed by atoms with van der Waals surface area (Å²) in [5.74, 6) is 0.200. The number of ether oxygens (including phenoxy) is 1. The highest BCUT2D eigenvalue weighted by molar-refractivity contribution is 7.89. The average Bonchev–Trinajstić information content (AvgIpc) is 3.06. The number of hydrogen-bond donors (Lipinski definition) is 0. The fourth-order valence-corrected chi connectivity index (χ4v) is 5.53. The molecule has 0 aromatic heterocycles. The lowest BCUT2D eigenvalue weighted by Gasteiger charge is -2.36. The van der Waals surface area contributed by atoms with Crippen LogP contribution in [0.25, 0.3) is 0 Å². The first-order chi connectivity index (χ1) is 13.7. The third-order valence-corrected chi connectivity index (χ3v) is 7.62. The summed E-state index contributed by atoms with van der Waals surface area (Å²) in [4.78, 5) is 16.6. The SMILES string of the molecule is COc1ccc(F)cc1S(=O)(=O)N1CCN(C2CCN(CCC(C)C)C2=O)CC1.